The highest BCUT2D eigenvalue weighted by molar-refractivity contribution is 5.38. The zero-order valence-electron chi connectivity index (χ0n) is 11.7. The van der Waals surface area contributed by atoms with E-state index >= 15 is 0 Å². The van der Waals surface area contributed by atoms with E-state index in [2.05, 4.69) is 50.2 Å². The Hall–Kier alpha value is -1.76. The summed E-state index contributed by atoms with van der Waals surface area (Å²) in [7, 11) is 0. The van der Waals surface area contributed by atoms with Crippen molar-refractivity contribution < 1.29 is 4.74 Å². The van der Waals surface area contributed by atoms with E-state index < -0.39 is 0 Å². The second-order valence-corrected chi connectivity index (χ2v) is 4.65. The summed E-state index contributed by atoms with van der Waals surface area (Å²) < 4.78 is 5.54. The van der Waals surface area contributed by atoms with Gasteiger partial charge in [-0.1, -0.05) is 43.3 Å². The molecule has 0 aliphatic heterocycles. The van der Waals surface area contributed by atoms with E-state index in [9.17, 15) is 0 Å². The van der Waals surface area contributed by atoms with Gasteiger partial charge >= 0.3 is 0 Å². The van der Waals surface area contributed by atoms with E-state index in [4.69, 9.17) is 4.74 Å². The molecule has 0 bridgehead atoms. The molecule has 0 fully saturated rings. The maximum atomic E-state index is 5.54. The minimum atomic E-state index is 0.145. The molecular formula is C18H21O. The van der Waals surface area contributed by atoms with Crippen LogP contribution in [0.5, 0.6) is 5.75 Å². The Morgan fingerprint density at radius 2 is 1.74 bits per heavy atom. The van der Waals surface area contributed by atoms with Crippen LogP contribution >= 0.6 is 0 Å². The molecule has 0 saturated heterocycles. The predicted octanol–water partition coefficient (Wildman–Crippen LogP) is 4.61. The van der Waals surface area contributed by atoms with Gasteiger partial charge < -0.3 is 4.74 Å². The molecule has 1 unspecified atom stereocenters. The number of ether oxygens (including phenoxy) is 1. The van der Waals surface area contributed by atoms with Gasteiger partial charge in [0.05, 0.1) is 6.61 Å². The molecule has 0 aliphatic carbocycles. The average Bonchev–Trinajstić information content (AvgIpc) is 2.47. The molecule has 0 N–H and O–H groups in total. The van der Waals surface area contributed by atoms with Gasteiger partial charge in [-0.05, 0) is 49.1 Å². The van der Waals surface area contributed by atoms with E-state index in [1.54, 1.807) is 0 Å². The fraction of sp³-hybridized carbons (Fsp3) is 0.278. The minimum absolute atomic E-state index is 0.145. The molecule has 0 aliphatic rings. The van der Waals surface area contributed by atoms with E-state index in [0.29, 0.717) is 6.61 Å². The van der Waals surface area contributed by atoms with Gasteiger partial charge in [-0.3, -0.25) is 0 Å². The fourth-order valence-corrected chi connectivity index (χ4v) is 2.17. The quantitative estimate of drug-likeness (QED) is 0.756. The van der Waals surface area contributed by atoms with E-state index in [1.807, 2.05) is 19.1 Å². The second-order valence-electron chi connectivity index (χ2n) is 4.65. The van der Waals surface area contributed by atoms with Crippen LogP contribution in [0.4, 0.5) is 0 Å². The first-order valence-corrected chi connectivity index (χ1v) is 6.89. The summed E-state index contributed by atoms with van der Waals surface area (Å²) in [5.41, 5.74) is 3.79. The molecule has 1 nitrogen and oxygen atoms in total. The molecular weight excluding hydrogens is 232 g/mol. The summed E-state index contributed by atoms with van der Waals surface area (Å²) in [5.74, 6) is 1.06. The first-order valence-electron chi connectivity index (χ1n) is 6.89. The molecule has 0 saturated carbocycles. The van der Waals surface area contributed by atoms with Crippen LogP contribution in [0.2, 0.25) is 0 Å². The summed E-state index contributed by atoms with van der Waals surface area (Å²) in [6.07, 6.45) is 1.07. The number of aryl methyl sites for hydroxylation is 1. The number of rotatable bonds is 5. The monoisotopic (exact) mass is 253 g/mol. The highest BCUT2D eigenvalue weighted by Crippen LogP contribution is 2.26. The third kappa shape index (κ3) is 3.37. The number of hydrogen-bond donors (Lipinski definition) is 0. The molecule has 0 amide bonds. The average molecular weight is 253 g/mol. The van der Waals surface area contributed by atoms with Crippen molar-refractivity contribution in [3.8, 4) is 5.75 Å². The van der Waals surface area contributed by atoms with Crippen LogP contribution in [0.3, 0.4) is 0 Å². The van der Waals surface area contributed by atoms with Gasteiger partial charge in [0.2, 0.25) is 0 Å². The van der Waals surface area contributed by atoms with Crippen LogP contribution in [-0.2, 0) is 6.42 Å². The Kier molecular flexibility index (Phi) is 4.62. The smallest absolute Gasteiger partial charge is 0.119 e. The van der Waals surface area contributed by atoms with Crippen molar-refractivity contribution in [3.63, 3.8) is 0 Å². The van der Waals surface area contributed by atoms with Gasteiger partial charge in [-0.25, -0.2) is 0 Å². The van der Waals surface area contributed by atoms with Crippen molar-refractivity contribution in [1.82, 2.24) is 0 Å². The first-order chi connectivity index (χ1) is 9.24. The largest absolute Gasteiger partial charge is 0.494 e. The Labute approximate surface area is 116 Å². The topological polar surface area (TPSA) is 9.23 Å². The normalized spacial score (nSPS) is 12.2. The Balaban J connectivity index is 2.22. The standard InChI is InChI=1S/C18H21O/c1-4-15-9-11-16(12-10-15)14(3)17-7-6-8-18(13-17)19-5-2/h6-14H,3-5H2,1-2H3. The lowest BCUT2D eigenvalue weighted by molar-refractivity contribution is 0.340. The molecule has 2 aromatic carbocycles. The van der Waals surface area contributed by atoms with Crippen LogP contribution in [0.1, 0.15) is 36.5 Å². The second kappa shape index (κ2) is 6.42. The predicted molar refractivity (Wildman–Crippen MR) is 80.6 cm³/mol. The van der Waals surface area contributed by atoms with Crippen LogP contribution in [0.25, 0.3) is 0 Å². The minimum Gasteiger partial charge on any atom is -0.494 e. The molecule has 2 aromatic rings. The molecule has 99 valence electrons. The van der Waals surface area contributed by atoms with Gasteiger partial charge in [0.1, 0.15) is 5.75 Å². The van der Waals surface area contributed by atoms with Crippen molar-refractivity contribution in [2.75, 3.05) is 6.61 Å². The summed E-state index contributed by atoms with van der Waals surface area (Å²) in [5, 5.41) is 0. The highest BCUT2D eigenvalue weighted by atomic mass is 16.5. The summed E-state index contributed by atoms with van der Waals surface area (Å²) in [6.45, 7) is 9.14. The Bertz CT molecular complexity index is 513. The van der Waals surface area contributed by atoms with Crippen LogP contribution in [-0.4, -0.2) is 6.61 Å². The van der Waals surface area contributed by atoms with Crippen molar-refractivity contribution in [2.45, 2.75) is 26.2 Å². The van der Waals surface area contributed by atoms with Crippen molar-refractivity contribution in [1.29, 1.82) is 0 Å². The third-order valence-electron chi connectivity index (χ3n) is 3.36. The van der Waals surface area contributed by atoms with E-state index in [0.717, 1.165) is 12.2 Å². The summed E-state index contributed by atoms with van der Waals surface area (Å²) in [6, 6.07) is 16.9. The third-order valence-corrected chi connectivity index (χ3v) is 3.36. The van der Waals surface area contributed by atoms with Gasteiger partial charge in [-0.15, -0.1) is 0 Å². The fourth-order valence-electron chi connectivity index (χ4n) is 2.17. The van der Waals surface area contributed by atoms with Gasteiger partial charge in [0, 0.05) is 5.92 Å². The molecule has 1 radical (unpaired) electrons. The van der Waals surface area contributed by atoms with Gasteiger partial charge in [0.15, 0.2) is 0 Å². The zero-order chi connectivity index (χ0) is 13.7. The molecule has 0 heterocycles. The van der Waals surface area contributed by atoms with Crippen molar-refractivity contribution in [3.05, 3.63) is 72.1 Å². The lowest BCUT2D eigenvalue weighted by atomic mass is 9.92. The molecule has 1 atom stereocenters. The van der Waals surface area contributed by atoms with Crippen LogP contribution in [0, 0.1) is 6.92 Å². The Morgan fingerprint density at radius 3 is 2.37 bits per heavy atom. The van der Waals surface area contributed by atoms with Crippen LogP contribution in [0.15, 0.2) is 48.5 Å². The lowest BCUT2D eigenvalue weighted by Gasteiger charge is -2.14. The van der Waals surface area contributed by atoms with E-state index in [1.165, 1.54) is 16.7 Å². The van der Waals surface area contributed by atoms with E-state index in [-0.39, 0.29) is 5.92 Å². The summed E-state index contributed by atoms with van der Waals surface area (Å²) in [4.78, 5) is 0. The molecule has 0 aromatic heterocycles. The highest BCUT2D eigenvalue weighted by Gasteiger charge is 2.09. The number of hydrogen-bond acceptors (Lipinski definition) is 1. The SMILES string of the molecule is [CH2]C(c1ccc(CC)cc1)c1cccc(OCC)c1. The zero-order valence-corrected chi connectivity index (χ0v) is 11.7. The lowest BCUT2D eigenvalue weighted by Crippen LogP contribution is -1.98. The maximum Gasteiger partial charge on any atom is 0.119 e. The first kappa shape index (κ1) is 13.7. The molecule has 2 rings (SSSR count). The van der Waals surface area contributed by atoms with Crippen molar-refractivity contribution >= 4 is 0 Å². The van der Waals surface area contributed by atoms with Crippen molar-refractivity contribution in [2.24, 2.45) is 0 Å². The van der Waals surface area contributed by atoms with Gasteiger partial charge in [-0.2, -0.15) is 0 Å². The van der Waals surface area contributed by atoms with Gasteiger partial charge in [0.25, 0.3) is 0 Å². The molecule has 19 heavy (non-hydrogen) atoms. The maximum absolute atomic E-state index is 5.54. The summed E-state index contributed by atoms with van der Waals surface area (Å²) >= 11 is 0. The molecule has 1 heteroatoms. The number of benzene rings is 2. The Morgan fingerprint density at radius 1 is 1.00 bits per heavy atom. The molecule has 0 spiro atoms. The van der Waals surface area contributed by atoms with Crippen LogP contribution < -0.4 is 4.74 Å².